The van der Waals surface area contributed by atoms with Crippen LogP contribution in [-0.2, 0) is 16.1 Å². The molecule has 1 aliphatic rings. The summed E-state index contributed by atoms with van der Waals surface area (Å²) in [6.45, 7) is 6.22. The Labute approximate surface area is 170 Å². The number of aryl methyl sites for hydroxylation is 1. The SMILES string of the molecule is CCOC(=O)c1ccc(C)c(NC(=O)C2CCCN(Cc3ccc(F)cc3)C2)c1. The van der Waals surface area contributed by atoms with Gasteiger partial charge in [0.2, 0.25) is 5.91 Å². The van der Waals surface area contributed by atoms with Crippen molar-refractivity contribution in [3.8, 4) is 0 Å². The van der Waals surface area contributed by atoms with Gasteiger partial charge in [-0.05, 0) is 68.6 Å². The molecule has 29 heavy (non-hydrogen) atoms. The van der Waals surface area contributed by atoms with Gasteiger partial charge in [0.15, 0.2) is 0 Å². The molecule has 0 bridgehead atoms. The fraction of sp³-hybridized carbons (Fsp3) is 0.391. The van der Waals surface area contributed by atoms with Gasteiger partial charge >= 0.3 is 5.97 Å². The molecular formula is C23H27FN2O3. The van der Waals surface area contributed by atoms with E-state index in [4.69, 9.17) is 4.74 Å². The van der Waals surface area contributed by atoms with Crippen LogP contribution in [0.4, 0.5) is 10.1 Å². The molecule has 1 saturated heterocycles. The van der Waals surface area contributed by atoms with Crippen LogP contribution in [0.5, 0.6) is 0 Å². The van der Waals surface area contributed by atoms with Gasteiger partial charge in [0.05, 0.1) is 18.1 Å². The van der Waals surface area contributed by atoms with Crippen LogP contribution in [0.2, 0.25) is 0 Å². The summed E-state index contributed by atoms with van der Waals surface area (Å²) in [5.74, 6) is -0.816. The molecule has 1 amide bonds. The predicted molar refractivity (Wildman–Crippen MR) is 110 cm³/mol. The molecule has 1 heterocycles. The molecule has 6 heteroatoms. The number of halogens is 1. The van der Waals surface area contributed by atoms with E-state index in [-0.39, 0.29) is 17.6 Å². The number of likely N-dealkylation sites (tertiary alicyclic amines) is 1. The van der Waals surface area contributed by atoms with Crippen LogP contribution >= 0.6 is 0 Å². The van der Waals surface area contributed by atoms with E-state index in [0.717, 1.165) is 30.5 Å². The molecule has 0 spiro atoms. The maximum atomic E-state index is 13.1. The number of esters is 1. The van der Waals surface area contributed by atoms with Crippen molar-refractivity contribution in [2.75, 3.05) is 25.0 Å². The predicted octanol–water partition coefficient (Wildman–Crippen LogP) is 4.16. The van der Waals surface area contributed by atoms with E-state index < -0.39 is 5.97 Å². The molecule has 3 rings (SSSR count). The summed E-state index contributed by atoms with van der Waals surface area (Å²) in [4.78, 5) is 27.1. The van der Waals surface area contributed by atoms with Crippen molar-refractivity contribution in [1.29, 1.82) is 0 Å². The lowest BCUT2D eigenvalue weighted by Crippen LogP contribution is -2.40. The first-order valence-electron chi connectivity index (χ1n) is 10.0. The van der Waals surface area contributed by atoms with Crippen LogP contribution in [0, 0.1) is 18.7 Å². The van der Waals surface area contributed by atoms with Crippen molar-refractivity contribution in [2.24, 2.45) is 5.92 Å². The first-order chi connectivity index (χ1) is 14.0. The first-order valence-corrected chi connectivity index (χ1v) is 10.0. The van der Waals surface area contributed by atoms with Gasteiger partial charge in [0, 0.05) is 18.8 Å². The van der Waals surface area contributed by atoms with E-state index >= 15 is 0 Å². The summed E-state index contributed by atoms with van der Waals surface area (Å²) in [6, 6.07) is 11.7. The lowest BCUT2D eigenvalue weighted by molar-refractivity contribution is -0.121. The number of anilines is 1. The fourth-order valence-corrected chi connectivity index (χ4v) is 3.59. The third-order valence-electron chi connectivity index (χ3n) is 5.20. The van der Waals surface area contributed by atoms with E-state index in [1.807, 2.05) is 13.0 Å². The van der Waals surface area contributed by atoms with Crippen molar-refractivity contribution in [2.45, 2.75) is 33.2 Å². The number of nitrogens with zero attached hydrogens (tertiary/aromatic N) is 1. The average molecular weight is 398 g/mol. The minimum Gasteiger partial charge on any atom is -0.462 e. The highest BCUT2D eigenvalue weighted by Gasteiger charge is 2.26. The second-order valence-corrected chi connectivity index (χ2v) is 7.44. The van der Waals surface area contributed by atoms with Crippen LogP contribution in [-0.4, -0.2) is 36.5 Å². The van der Waals surface area contributed by atoms with Crippen LogP contribution in [0.25, 0.3) is 0 Å². The molecule has 1 aliphatic heterocycles. The number of hydrogen-bond donors (Lipinski definition) is 1. The lowest BCUT2D eigenvalue weighted by atomic mass is 9.96. The van der Waals surface area contributed by atoms with Gasteiger partial charge in [-0.25, -0.2) is 9.18 Å². The number of nitrogens with one attached hydrogen (secondary N) is 1. The Morgan fingerprint density at radius 1 is 1.21 bits per heavy atom. The Balaban J connectivity index is 1.63. The van der Waals surface area contributed by atoms with E-state index in [0.29, 0.717) is 30.9 Å². The number of piperidine rings is 1. The number of benzene rings is 2. The number of amides is 1. The molecule has 0 aromatic heterocycles. The van der Waals surface area contributed by atoms with Gasteiger partial charge in [-0.15, -0.1) is 0 Å². The third-order valence-corrected chi connectivity index (χ3v) is 5.20. The average Bonchev–Trinajstić information content (AvgIpc) is 2.71. The van der Waals surface area contributed by atoms with Crippen molar-refractivity contribution < 1.29 is 18.7 Å². The zero-order valence-corrected chi connectivity index (χ0v) is 16.9. The molecule has 5 nitrogen and oxygen atoms in total. The molecule has 1 fully saturated rings. The van der Waals surface area contributed by atoms with Crippen LogP contribution in [0.3, 0.4) is 0 Å². The summed E-state index contributed by atoms with van der Waals surface area (Å²) >= 11 is 0. The zero-order valence-electron chi connectivity index (χ0n) is 16.9. The Morgan fingerprint density at radius 3 is 2.69 bits per heavy atom. The van der Waals surface area contributed by atoms with Crippen molar-refractivity contribution in [3.05, 3.63) is 65.0 Å². The van der Waals surface area contributed by atoms with Gasteiger partial charge in [-0.1, -0.05) is 18.2 Å². The summed E-state index contributed by atoms with van der Waals surface area (Å²) in [7, 11) is 0. The largest absolute Gasteiger partial charge is 0.462 e. The van der Waals surface area contributed by atoms with Gasteiger partial charge in [-0.2, -0.15) is 0 Å². The highest BCUT2D eigenvalue weighted by molar-refractivity contribution is 5.96. The fourth-order valence-electron chi connectivity index (χ4n) is 3.59. The second kappa shape index (κ2) is 9.65. The standard InChI is InChI=1S/C23H27FN2O3/c1-3-29-23(28)18-9-6-16(2)21(13-18)25-22(27)19-5-4-12-26(15-19)14-17-7-10-20(24)11-8-17/h6-11,13,19H,3-5,12,14-15H2,1-2H3,(H,25,27). The summed E-state index contributed by atoms with van der Waals surface area (Å²) in [6.07, 6.45) is 1.75. The molecule has 2 aromatic carbocycles. The molecule has 1 atom stereocenters. The third kappa shape index (κ3) is 5.64. The molecule has 154 valence electrons. The monoisotopic (exact) mass is 398 g/mol. The van der Waals surface area contributed by atoms with E-state index in [1.54, 1.807) is 31.2 Å². The van der Waals surface area contributed by atoms with E-state index in [2.05, 4.69) is 10.2 Å². The highest BCUT2D eigenvalue weighted by Crippen LogP contribution is 2.23. The summed E-state index contributed by atoms with van der Waals surface area (Å²) in [5.41, 5.74) is 2.99. The Hall–Kier alpha value is -2.73. The number of rotatable bonds is 6. The van der Waals surface area contributed by atoms with Gasteiger partial charge in [0.25, 0.3) is 0 Å². The molecule has 1 N–H and O–H groups in total. The number of ether oxygens (including phenoxy) is 1. The van der Waals surface area contributed by atoms with Gasteiger partial charge in [-0.3, -0.25) is 9.69 Å². The first kappa shape index (κ1) is 21.0. The molecular weight excluding hydrogens is 371 g/mol. The van der Waals surface area contributed by atoms with Crippen LogP contribution in [0.15, 0.2) is 42.5 Å². The zero-order chi connectivity index (χ0) is 20.8. The maximum Gasteiger partial charge on any atom is 0.338 e. The lowest BCUT2D eigenvalue weighted by Gasteiger charge is -2.32. The quantitative estimate of drug-likeness (QED) is 0.743. The highest BCUT2D eigenvalue weighted by atomic mass is 19.1. The van der Waals surface area contributed by atoms with Crippen molar-refractivity contribution >= 4 is 17.6 Å². The Kier molecular flexibility index (Phi) is 6.99. The molecule has 0 saturated carbocycles. The smallest absolute Gasteiger partial charge is 0.338 e. The summed E-state index contributed by atoms with van der Waals surface area (Å²) < 4.78 is 18.1. The van der Waals surface area contributed by atoms with E-state index in [1.165, 1.54) is 12.1 Å². The minimum atomic E-state index is -0.397. The van der Waals surface area contributed by atoms with Gasteiger partial charge in [0.1, 0.15) is 5.82 Å². The van der Waals surface area contributed by atoms with Crippen LogP contribution in [0.1, 0.15) is 41.3 Å². The Morgan fingerprint density at radius 2 is 1.97 bits per heavy atom. The summed E-state index contributed by atoms with van der Waals surface area (Å²) in [5, 5.41) is 2.99. The minimum absolute atomic E-state index is 0.0436. The normalized spacial score (nSPS) is 17.0. The molecule has 0 aliphatic carbocycles. The Bertz CT molecular complexity index is 867. The topological polar surface area (TPSA) is 58.6 Å². The second-order valence-electron chi connectivity index (χ2n) is 7.44. The molecule has 0 radical (unpaired) electrons. The van der Waals surface area contributed by atoms with Crippen LogP contribution < -0.4 is 5.32 Å². The van der Waals surface area contributed by atoms with Crippen molar-refractivity contribution in [3.63, 3.8) is 0 Å². The maximum absolute atomic E-state index is 13.1. The number of carbonyl (C=O) groups is 2. The molecule has 2 aromatic rings. The molecule has 1 unspecified atom stereocenters. The van der Waals surface area contributed by atoms with Gasteiger partial charge < -0.3 is 10.1 Å². The van der Waals surface area contributed by atoms with Crippen molar-refractivity contribution in [1.82, 2.24) is 4.90 Å². The number of hydrogen-bond acceptors (Lipinski definition) is 4. The number of carbonyl (C=O) groups excluding carboxylic acids is 2. The van der Waals surface area contributed by atoms with E-state index in [9.17, 15) is 14.0 Å².